The van der Waals surface area contributed by atoms with Crippen molar-refractivity contribution in [3.8, 4) is 6.07 Å². The molecule has 0 spiro atoms. The summed E-state index contributed by atoms with van der Waals surface area (Å²) in [6, 6.07) is 1.90. The van der Waals surface area contributed by atoms with Gasteiger partial charge in [0.1, 0.15) is 0 Å². The Hall–Kier alpha value is -0.590. The minimum absolute atomic E-state index is 0.101. The van der Waals surface area contributed by atoms with E-state index in [-0.39, 0.29) is 12.8 Å². The maximum Gasteiger partial charge on any atom is 0.157 e. The van der Waals surface area contributed by atoms with Gasteiger partial charge in [-0.1, -0.05) is 0 Å². The average Bonchev–Trinajstić information content (AvgIpc) is 2.16. The minimum Gasteiger partial charge on any atom is -0.353 e. The van der Waals surface area contributed by atoms with E-state index in [1.807, 2.05) is 6.07 Å². The van der Waals surface area contributed by atoms with Crippen LogP contribution in [-0.2, 0) is 9.47 Å². The molecule has 1 rings (SSSR count). The predicted octanol–water partition coefficient (Wildman–Crippen LogP) is 1.83. The lowest BCUT2D eigenvalue weighted by Crippen LogP contribution is -2.22. The van der Waals surface area contributed by atoms with E-state index < -0.39 is 12.8 Å². The van der Waals surface area contributed by atoms with E-state index in [1.54, 1.807) is 0 Å². The Morgan fingerprint density at radius 1 is 1.67 bits per heavy atom. The lowest BCUT2D eigenvalue weighted by Gasteiger charge is -2.22. The number of ether oxygens (including phenoxy) is 2. The van der Waals surface area contributed by atoms with Gasteiger partial charge in [0, 0.05) is 13.0 Å². The van der Waals surface area contributed by atoms with Crippen LogP contribution in [0.15, 0.2) is 0 Å². The van der Waals surface area contributed by atoms with Crippen LogP contribution in [0.2, 0.25) is 0 Å². The molecular formula is C9H15NO2. The first kappa shape index (κ1) is 6.88. The zero-order chi connectivity index (χ0) is 10.4. The molecule has 0 saturated carbocycles. The van der Waals surface area contributed by atoms with E-state index in [1.165, 1.54) is 0 Å². The van der Waals surface area contributed by atoms with Crippen molar-refractivity contribution in [1.82, 2.24) is 0 Å². The third-order valence-corrected chi connectivity index (χ3v) is 1.69. The van der Waals surface area contributed by atoms with E-state index >= 15 is 0 Å². The summed E-state index contributed by atoms with van der Waals surface area (Å²) in [7, 11) is 0. The van der Waals surface area contributed by atoms with E-state index in [0.29, 0.717) is 6.61 Å². The summed E-state index contributed by atoms with van der Waals surface area (Å²) in [5.41, 5.74) is 0. The number of rotatable bonds is 4. The van der Waals surface area contributed by atoms with Crippen LogP contribution in [-0.4, -0.2) is 19.5 Å². The van der Waals surface area contributed by atoms with Gasteiger partial charge in [0.2, 0.25) is 0 Å². The summed E-state index contributed by atoms with van der Waals surface area (Å²) in [4.78, 5) is 0. The normalized spacial score (nSPS) is 27.1. The third kappa shape index (κ3) is 3.70. The highest BCUT2D eigenvalue weighted by molar-refractivity contribution is 4.67. The van der Waals surface area contributed by atoms with Crippen LogP contribution in [0.4, 0.5) is 0 Å². The molecule has 3 heteroatoms. The molecule has 1 aliphatic heterocycles. The van der Waals surface area contributed by atoms with Gasteiger partial charge in [-0.3, -0.25) is 0 Å². The monoisotopic (exact) mass is 171 g/mol. The molecule has 0 N–H and O–H groups in total. The van der Waals surface area contributed by atoms with Crippen molar-refractivity contribution in [2.24, 2.45) is 0 Å². The second-order valence-corrected chi connectivity index (χ2v) is 2.72. The summed E-state index contributed by atoms with van der Waals surface area (Å²) >= 11 is 0. The summed E-state index contributed by atoms with van der Waals surface area (Å²) < 4.78 is 25.3. The standard InChI is InChI=1S/C9H15NO2/c10-6-2-4-8-12-9-5-1-3-7-11-9/h9H,1-5,7-8H2/i8D2. The topological polar surface area (TPSA) is 42.2 Å². The van der Waals surface area contributed by atoms with Crippen LogP contribution in [0, 0.1) is 11.3 Å². The quantitative estimate of drug-likeness (QED) is 0.648. The largest absolute Gasteiger partial charge is 0.353 e. The molecule has 12 heavy (non-hydrogen) atoms. The molecule has 1 unspecified atom stereocenters. The van der Waals surface area contributed by atoms with Crippen LogP contribution in [0.3, 0.4) is 0 Å². The van der Waals surface area contributed by atoms with Crippen LogP contribution in [0.5, 0.6) is 0 Å². The lowest BCUT2D eigenvalue weighted by molar-refractivity contribution is -0.162. The molecule has 0 aromatic heterocycles. The molecule has 1 fully saturated rings. The predicted molar refractivity (Wildman–Crippen MR) is 44.4 cm³/mol. The van der Waals surface area contributed by atoms with Crippen molar-refractivity contribution in [2.45, 2.75) is 38.4 Å². The molecule has 0 bridgehead atoms. The fourth-order valence-electron chi connectivity index (χ4n) is 1.06. The van der Waals surface area contributed by atoms with Crippen LogP contribution in [0.25, 0.3) is 0 Å². The maximum atomic E-state index is 8.33. The Morgan fingerprint density at radius 3 is 3.25 bits per heavy atom. The number of hydrogen-bond donors (Lipinski definition) is 0. The molecule has 1 atom stereocenters. The molecule has 68 valence electrons. The molecular weight excluding hydrogens is 154 g/mol. The maximum absolute atomic E-state index is 8.33. The summed E-state index contributed by atoms with van der Waals surface area (Å²) in [5.74, 6) is 0. The highest BCUT2D eigenvalue weighted by Gasteiger charge is 2.12. The van der Waals surface area contributed by atoms with Gasteiger partial charge in [0.15, 0.2) is 6.29 Å². The number of nitrogens with zero attached hydrogens (tertiary/aromatic N) is 1. The zero-order valence-electron chi connectivity index (χ0n) is 9.08. The summed E-state index contributed by atoms with van der Waals surface area (Å²) in [6.07, 6.45) is 2.60. The van der Waals surface area contributed by atoms with Crippen molar-refractivity contribution in [3.63, 3.8) is 0 Å². The van der Waals surface area contributed by atoms with Gasteiger partial charge in [0.05, 0.1) is 15.4 Å². The van der Waals surface area contributed by atoms with Crippen molar-refractivity contribution < 1.29 is 12.2 Å². The molecule has 0 aliphatic carbocycles. The van der Waals surface area contributed by atoms with Gasteiger partial charge < -0.3 is 9.47 Å². The molecule has 0 aromatic rings. The van der Waals surface area contributed by atoms with Crippen molar-refractivity contribution >= 4 is 0 Å². The average molecular weight is 171 g/mol. The minimum atomic E-state index is -1.74. The zero-order valence-corrected chi connectivity index (χ0v) is 7.08. The second-order valence-electron chi connectivity index (χ2n) is 2.72. The van der Waals surface area contributed by atoms with Crippen LogP contribution in [0.1, 0.15) is 34.8 Å². The Labute approximate surface area is 76.1 Å². The molecule has 3 nitrogen and oxygen atoms in total. The van der Waals surface area contributed by atoms with Gasteiger partial charge in [-0.25, -0.2) is 0 Å². The molecule has 0 radical (unpaired) electrons. The first-order valence-electron chi connectivity index (χ1n) is 5.30. The van der Waals surface area contributed by atoms with Crippen molar-refractivity contribution in [2.75, 3.05) is 13.2 Å². The summed E-state index contributed by atoms with van der Waals surface area (Å²) in [6.45, 7) is -1.10. The highest BCUT2D eigenvalue weighted by Crippen LogP contribution is 2.13. The highest BCUT2D eigenvalue weighted by atomic mass is 16.7. The van der Waals surface area contributed by atoms with E-state index in [0.717, 1.165) is 19.3 Å². The van der Waals surface area contributed by atoms with Crippen LogP contribution >= 0.6 is 0 Å². The van der Waals surface area contributed by atoms with Crippen LogP contribution < -0.4 is 0 Å². The van der Waals surface area contributed by atoms with Gasteiger partial charge in [-0.05, 0) is 25.7 Å². The Kier molecular flexibility index (Phi) is 3.43. The van der Waals surface area contributed by atoms with Gasteiger partial charge >= 0.3 is 0 Å². The van der Waals surface area contributed by atoms with E-state index in [2.05, 4.69) is 0 Å². The number of hydrogen-bond acceptors (Lipinski definition) is 3. The smallest absolute Gasteiger partial charge is 0.157 e. The van der Waals surface area contributed by atoms with Crippen molar-refractivity contribution in [1.29, 1.82) is 5.26 Å². The Bertz CT molecular complexity index is 209. The molecule has 1 saturated heterocycles. The first-order valence-corrected chi connectivity index (χ1v) is 4.30. The Morgan fingerprint density at radius 2 is 2.58 bits per heavy atom. The number of nitriles is 1. The molecule has 1 heterocycles. The fourth-order valence-corrected chi connectivity index (χ4v) is 1.06. The van der Waals surface area contributed by atoms with E-state index in [4.69, 9.17) is 17.5 Å². The molecule has 1 aliphatic rings. The fraction of sp³-hybridized carbons (Fsp3) is 0.889. The SMILES string of the molecule is [2H]C([2H])(CCC#N)OC1CCCCO1. The van der Waals surface area contributed by atoms with Gasteiger partial charge in [0.25, 0.3) is 0 Å². The molecule has 0 amide bonds. The lowest BCUT2D eigenvalue weighted by atomic mass is 10.2. The van der Waals surface area contributed by atoms with E-state index in [9.17, 15) is 0 Å². The van der Waals surface area contributed by atoms with Gasteiger partial charge in [-0.2, -0.15) is 5.26 Å². The Balaban J connectivity index is 2.29. The summed E-state index contributed by atoms with van der Waals surface area (Å²) in [5, 5.41) is 8.33. The molecule has 0 aromatic carbocycles. The second kappa shape index (κ2) is 5.99. The van der Waals surface area contributed by atoms with Gasteiger partial charge in [-0.15, -0.1) is 0 Å². The van der Waals surface area contributed by atoms with Crippen molar-refractivity contribution in [3.05, 3.63) is 0 Å². The first-order chi connectivity index (χ1) is 6.64. The third-order valence-electron chi connectivity index (χ3n) is 1.69.